The molecule has 0 aliphatic heterocycles. The molecule has 0 bridgehead atoms. The molecular weight excluding hydrogens is 282 g/mol. The van der Waals surface area contributed by atoms with Crippen LogP contribution in [0.15, 0.2) is 24.3 Å². The van der Waals surface area contributed by atoms with Crippen LogP contribution in [0.1, 0.15) is 33.3 Å². The first-order valence-electron chi connectivity index (χ1n) is 7.49. The number of amides is 1. The molecular formula is C17H25NO4. The van der Waals surface area contributed by atoms with Crippen LogP contribution in [0.25, 0.3) is 0 Å². The molecule has 5 heteroatoms. The van der Waals surface area contributed by atoms with Crippen LogP contribution in [0, 0.1) is 18.8 Å². The summed E-state index contributed by atoms with van der Waals surface area (Å²) >= 11 is 0. The molecule has 0 heterocycles. The Bertz CT molecular complexity index is 525. The van der Waals surface area contributed by atoms with Gasteiger partial charge in [0.05, 0.1) is 0 Å². The monoisotopic (exact) mass is 307 g/mol. The topological polar surface area (TPSA) is 75.6 Å². The molecule has 122 valence electrons. The van der Waals surface area contributed by atoms with E-state index >= 15 is 0 Å². The minimum absolute atomic E-state index is 0.0814. The van der Waals surface area contributed by atoms with Gasteiger partial charge >= 0.3 is 5.97 Å². The fraction of sp³-hybridized carbons (Fsp3) is 0.529. The average Bonchev–Trinajstić information content (AvgIpc) is 2.40. The number of hydrogen-bond donors (Lipinski definition) is 2. The molecule has 1 aromatic rings. The van der Waals surface area contributed by atoms with Crippen LogP contribution < -0.4 is 10.1 Å². The van der Waals surface area contributed by atoms with Crippen LogP contribution in [0.2, 0.25) is 0 Å². The predicted molar refractivity (Wildman–Crippen MR) is 84.8 cm³/mol. The minimum atomic E-state index is -1.04. The molecule has 0 spiro atoms. The fourth-order valence-corrected chi connectivity index (χ4v) is 2.08. The summed E-state index contributed by atoms with van der Waals surface area (Å²) < 4.78 is 5.77. The van der Waals surface area contributed by atoms with E-state index in [-0.39, 0.29) is 11.8 Å². The summed E-state index contributed by atoms with van der Waals surface area (Å²) in [6.45, 7) is 9.18. The lowest BCUT2D eigenvalue weighted by atomic mass is 10.0. The maximum Gasteiger partial charge on any atom is 0.326 e. The summed E-state index contributed by atoms with van der Waals surface area (Å²) in [7, 11) is 0. The van der Waals surface area contributed by atoms with E-state index < -0.39 is 24.0 Å². The summed E-state index contributed by atoms with van der Waals surface area (Å²) in [4.78, 5) is 23.6. The zero-order valence-electron chi connectivity index (χ0n) is 13.8. The van der Waals surface area contributed by atoms with Crippen molar-refractivity contribution in [1.29, 1.82) is 0 Å². The van der Waals surface area contributed by atoms with E-state index in [1.165, 1.54) is 0 Å². The summed E-state index contributed by atoms with van der Waals surface area (Å²) in [5.41, 5.74) is 1.03. The highest BCUT2D eigenvalue weighted by molar-refractivity contribution is 5.86. The number of benzene rings is 1. The summed E-state index contributed by atoms with van der Waals surface area (Å²) in [6.07, 6.45) is -0.734. The summed E-state index contributed by atoms with van der Waals surface area (Å²) in [5.74, 6) is -1.13. The highest BCUT2D eigenvalue weighted by Crippen LogP contribution is 2.18. The molecule has 22 heavy (non-hydrogen) atoms. The SMILES string of the molecule is Cc1cccc(OC(C(=O)NC(C(=O)O)C(C)C)C(C)C)c1. The largest absolute Gasteiger partial charge is 0.480 e. The Balaban J connectivity index is 2.86. The molecule has 1 rings (SSSR count). The smallest absolute Gasteiger partial charge is 0.326 e. The number of hydrogen-bond acceptors (Lipinski definition) is 3. The second-order valence-electron chi connectivity index (χ2n) is 6.17. The third-order valence-corrected chi connectivity index (χ3v) is 3.35. The van der Waals surface area contributed by atoms with Gasteiger partial charge in [0.25, 0.3) is 5.91 Å². The van der Waals surface area contributed by atoms with Crippen LogP contribution in [-0.2, 0) is 9.59 Å². The lowest BCUT2D eigenvalue weighted by molar-refractivity contribution is -0.144. The van der Waals surface area contributed by atoms with E-state index in [1.54, 1.807) is 19.9 Å². The number of nitrogens with one attached hydrogen (secondary N) is 1. The molecule has 0 aliphatic carbocycles. The first-order valence-corrected chi connectivity index (χ1v) is 7.49. The van der Waals surface area contributed by atoms with Crippen molar-refractivity contribution in [2.24, 2.45) is 11.8 Å². The first kappa shape index (κ1) is 18.0. The quantitative estimate of drug-likeness (QED) is 0.812. The molecule has 0 saturated heterocycles. The van der Waals surface area contributed by atoms with Gasteiger partial charge in [-0.05, 0) is 36.5 Å². The lowest BCUT2D eigenvalue weighted by Gasteiger charge is -2.25. The van der Waals surface area contributed by atoms with Crippen LogP contribution >= 0.6 is 0 Å². The van der Waals surface area contributed by atoms with E-state index in [0.717, 1.165) is 5.56 Å². The Morgan fingerprint density at radius 3 is 2.23 bits per heavy atom. The molecule has 2 atom stereocenters. The van der Waals surface area contributed by atoms with Gasteiger partial charge in [-0.25, -0.2) is 4.79 Å². The van der Waals surface area contributed by atoms with Crippen molar-refractivity contribution in [3.05, 3.63) is 29.8 Å². The molecule has 2 N–H and O–H groups in total. The molecule has 1 aromatic carbocycles. The Morgan fingerprint density at radius 1 is 1.14 bits per heavy atom. The van der Waals surface area contributed by atoms with Gasteiger partial charge in [0.15, 0.2) is 6.10 Å². The zero-order chi connectivity index (χ0) is 16.9. The number of carboxylic acids is 1. The highest BCUT2D eigenvalue weighted by atomic mass is 16.5. The number of ether oxygens (including phenoxy) is 1. The number of aliphatic carboxylic acids is 1. The number of aryl methyl sites for hydroxylation is 1. The van der Waals surface area contributed by atoms with Crippen molar-refractivity contribution in [1.82, 2.24) is 5.32 Å². The van der Waals surface area contributed by atoms with Crippen molar-refractivity contribution in [2.45, 2.75) is 46.8 Å². The van der Waals surface area contributed by atoms with Gasteiger partial charge in [-0.1, -0.05) is 39.8 Å². The van der Waals surface area contributed by atoms with E-state index in [9.17, 15) is 14.7 Å². The summed E-state index contributed by atoms with van der Waals surface area (Å²) in [6, 6.07) is 6.51. The molecule has 0 saturated carbocycles. The van der Waals surface area contributed by atoms with E-state index in [0.29, 0.717) is 5.75 Å². The second-order valence-corrected chi connectivity index (χ2v) is 6.17. The van der Waals surface area contributed by atoms with Crippen molar-refractivity contribution in [2.75, 3.05) is 0 Å². The van der Waals surface area contributed by atoms with Crippen LogP contribution in [-0.4, -0.2) is 29.1 Å². The summed E-state index contributed by atoms with van der Waals surface area (Å²) in [5, 5.41) is 11.8. The molecule has 2 unspecified atom stereocenters. The van der Waals surface area contributed by atoms with Gasteiger partial charge in [0.1, 0.15) is 11.8 Å². The molecule has 0 aromatic heterocycles. The number of carbonyl (C=O) groups is 2. The van der Waals surface area contributed by atoms with Gasteiger partial charge < -0.3 is 15.2 Å². The van der Waals surface area contributed by atoms with Crippen molar-refractivity contribution in [3.8, 4) is 5.75 Å². The first-order chi connectivity index (χ1) is 10.2. The Labute approximate surface area is 131 Å². The second kappa shape index (κ2) is 7.82. The van der Waals surface area contributed by atoms with Gasteiger partial charge in [-0.15, -0.1) is 0 Å². The molecule has 0 fully saturated rings. The van der Waals surface area contributed by atoms with Crippen LogP contribution in [0.5, 0.6) is 5.75 Å². The van der Waals surface area contributed by atoms with Crippen molar-refractivity contribution >= 4 is 11.9 Å². The predicted octanol–water partition coefficient (Wildman–Crippen LogP) is 2.62. The normalized spacial score (nSPS) is 13.8. The van der Waals surface area contributed by atoms with Crippen molar-refractivity contribution in [3.63, 3.8) is 0 Å². The third kappa shape index (κ3) is 5.06. The van der Waals surface area contributed by atoms with Gasteiger partial charge in [-0.3, -0.25) is 4.79 Å². The van der Waals surface area contributed by atoms with E-state index in [4.69, 9.17) is 4.74 Å². The maximum absolute atomic E-state index is 12.4. The minimum Gasteiger partial charge on any atom is -0.480 e. The zero-order valence-corrected chi connectivity index (χ0v) is 13.8. The molecule has 0 radical (unpaired) electrons. The van der Waals surface area contributed by atoms with Gasteiger partial charge in [-0.2, -0.15) is 0 Å². The van der Waals surface area contributed by atoms with Crippen LogP contribution in [0.4, 0.5) is 0 Å². The Morgan fingerprint density at radius 2 is 1.77 bits per heavy atom. The van der Waals surface area contributed by atoms with E-state index in [1.807, 2.05) is 39.0 Å². The van der Waals surface area contributed by atoms with Crippen LogP contribution in [0.3, 0.4) is 0 Å². The van der Waals surface area contributed by atoms with Gasteiger partial charge in [0, 0.05) is 0 Å². The average molecular weight is 307 g/mol. The molecule has 1 amide bonds. The highest BCUT2D eigenvalue weighted by Gasteiger charge is 2.30. The Hall–Kier alpha value is -2.04. The number of carbonyl (C=O) groups excluding carboxylic acids is 1. The lowest BCUT2D eigenvalue weighted by Crippen LogP contribution is -2.51. The Kier molecular flexibility index (Phi) is 6.40. The number of carboxylic acid groups (broad SMARTS) is 1. The maximum atomic E-state index is 12.4. The fourth-order valence-electron chi connectivity index (χ4n) is 2.08. The van der Waals surface area contributed by atoms with Gasteiger partial charge in [0.2, 0.25) is 0 Å². The third-order valence-electron chi connectivity index (χ3n) is 3.35. The molecule has 0 aliphatic rings. The number of rotatable bonds is 7. The van der Waals surface area contributed by atoms with E-state index in [2.05, 4.69) is 5.32 Å². The standard InChI is InChI=1S/C17H25NO4/c1-10(2)14(17(20)21)18-16(19)15(11(3)4)22-13-8-6-7-12(5)9-13/h6-11,14-15H,1-5H3,(H,18,19)(H,20,21). The van der Waals surface area contributed by atoms with Crippen molar-refractivity contribution < 1.29 is 19.4 Å². The molecule has 5 nitrogen and oxygen atoms in total.